The Labute approximate surface area is 122 Å². The largest absolute Gasteiger partial charge is 0.479 e. The highest BCUT2D eigenvalue weighted by Gasteiger charge is 2.10. The number of hydrogen-bond acceptors (Lipinski definition) is 3. The average molecular weight is 301 g/mol. The van der Waals surface area contributed by atoms with E-state index in [1.54, 1.807) is 19.9 Å². The van der Waals surface area contributed by atoms with E-state index in [9.17, 15) is 4.79 Å². The van der Waals surface area contributed by atoms with E-state index in [4.69, 9.17) is 34.4 Å². The monoisotopic (exact) mass is 300 g/mol. The van der Waals surface area contributed by atoms with Gasteiger partial charge in [-0.1, -0.05) is 43.0 Å². The molecule has 0 fully saturated rings. The zero-order chi connectivity index (χ0) is 14.4. The number of benzene rings is 1. The van der Waals surface area contributed by atoms with E-state index in [1.165, 1.54) is 6.07 Å². The summed E-state index contributed by atoms with van der Waals surface area (Å²) in [6.45, 7) is 3.66. The zero-order valence-corrected chi connectivity index (χ0v) is 12.1. The molecular formula is C13H14Cl2N2O2. The topological polar surface area (TPSA) is 50.4 Å². The average Bonchev–Trinajstić information content (AvgIpc) is 2.36. The lowest BCUT2D eigenvalue weighted by molar-refractivity contribution is -0.123. The van der Waals surface area contributed by atoms with E-state index in [1.807, 2.05) is 0 Å². The summed E-state index contributed by atoms with van der Waals surface area (Å²) in [5.41, 5.74) is 5.72. The SMILES string of the molecule is C#CCOc1cc(NNC(=O)C(C)C)c(Cl)cc1Cl. The maximum atomic E-state index is 11.5. The number of hydrazine groups is 1. The quantitative estimate of drug-likeness (QED) is 0.649. The minimum absolute atomic E-state index is 0.0964. The Balaban J connectivity index is 2.83. The number of hydrogen-bond donors (Lipinski definition) is 2. The molecule has 4 nitrogen and oxygen atoms in total. The summed E-state index contributed by atoms with van der Waals surface area (Å²) in [4.78, 5) is 11.5. The molecule has 6 heteroatoms. The molecule has 0 aliphatic heterocycles. The molecule has 0 radical (unpaired) electrons. The fourth-order valence-electron chi connectivity index (χ4n) is 1.13. The van der Waals surface area contributed by atoms with Gasteiger partial charge in [0, 0.05) is 12.0 Å². The first-order valence-corrected chi connectivity index (χ1v) is 6.32. The first kappa shape index (κ1) is 15.5. The second-order valence-corrected chi connectivity index (χ2v) is 4.84. The van der Waals surface area contributed by atoms with Crippen LogP contribution < -0.4 is 15.6 Å². The van der Waals surface area contributed by atoms with Crippen molar-refractivity contribution in [3.05, 3.63) is 22.2 Å². The van der Waals surface area contributed by atoms with Gasteiger partial charge in [-0.25, -0.2) is 0 Å². The molecule has 0 atom stereocenters. The molecule has 0 saturated carbocycles. The third-order valence-electron chi connectivity index (χ3n) is 2.18. The Morgan fingerprint density at radius 1 is 1.42 bits per heavy atom. The number of carbonyl (C=O) groups excluding carboxylic acids is 1. The van der Waals surface area contributed by atoms with Crippen molar-refractivity contribution in [2.24, 2.45) is 5.92 Å². The molecule has 0 spiro atoms. The van der Waals surface area contributed by atoms with Gasteiger partial charge in [-0.15, -0.1) is 6.42 Å². The maximum Gasteiger partial charge on any atom is 0.240 e. The summed E-state index contributed by atoms with van der Waals surface area (Å²) in [7, 11) is 0. The molecule has 0 heterocycles. The minimum atomic E-state index is -0.155. The van der Waals surface area contributed by atoms with Crippen molar-refractivity contribution in [2.75, 3.05) is 12.0 Å². The Bertz CT molecular complexity index is 510. The number of anilines is 1. The third-order valence-corrected chi connectivity index (χ3v) is 2.79. The number of terminal acetylenes is 1. The lowest BCUT2D eigenvalue weighted by atomic mass is 10.2. The van der Waals surface area contributed by atoms with Crippen LogP contribution in [-0.4, -0.2) is 12.5 Å². The number of halogens is 2. The summed E-state index contributed by atoms with van der Waals surface area (Å²) >= 11 is 12.0. The van der Waals surface area contributed by atoms with Crippen LogP contribution in [0.15, 0.2) is 12.1 Å². The van der Waals surface area contributed by atoms with Gasteiger partial charge in [0.25, 0.3) is 0 Å². The fourth-order valence-corrected chi connectivity index (χ4v) is 1.61. The van der Waals surface area contributed by atoms with Crippen molar-refractivity contribution in [1.82, 2.24) is 5.43 Å². The molecule has 0 saturated heterocycles. The van der Waals surface area contributed by atoms with Crippen LogP contribution in [0.5, 0.6) is 5.75 Å². The Hall–Kier alpha value is -1.57. The molecule has 19 heavy (non-hydrogen) atoms. The van der Waals surface area contributed by atoms with Crippen molar-refractivity contribution in [1.29, 1.82) is 0 Å². The van der Waals surface area contributed by atoms with Gasteiger partial charge < -0.3 is 4.74 Å². The van der Waals surface area contributed by atoms with E-state index in [0.29, 0.717) is 21.5 Å². The van der Waals surface area contributed by atoms with Crippen LogP contribution in [0, 0.1) is 18.3 Å². The van der Waals surface area contributed by atoms with Crippen LogP contribution in [0.3, 0.4) is 0 Å². The van der Waals surface area contributed by atoms with Gasteiger partial charge in [0.15, 0.2) is 0 Å². The summed E-state index contributed by atoms with van der Waals surface area (Å²) in [6, 6.07) is 3.08. The second kappa shape index (κ2) is 7.13. The van der Waals surface area contributed by atoms with Crippen LogP contribution in [-0.2, 0) is 4.79 Å². The lowest BCUT2D eigenvalue weighted by Gasteiger charge is -2.14. The summed E-state index contributed by atoms with van der Waals surface area (Å²) in [5, 5.41) is 0.711. The van der Waals surface area contributed by atoms with E-state index in [-0.39, 0.29) is 18.4 Å². The molecule has 0 aliphatic rings. The van der Waals surface area contributed by atoms with Crippen molar-refractivity contribution in [2.45, 2.75) is 13.8 Å². The van der Waals surface area contributed by atoms with Crippen molar-refractivity contribution >= 4 is 34.8 Å². The van der Waals surface area contributed by atoms with E-state index < -0.39 is 0 Å². The Kier molecular flexibility index (Phi) is 5.81. The van der Waals surface area contributed by atoms with Gasteiger partial charge >= 0.3 is 0 Å². The van der Waals surface area contributed by atoms with Gasteiger partial charge in [0.05, 0.1) is 15.7 Å². The van der Waals surface area contributed by atoms with Gasteiger partial charge in [0.1, 0.15) is 12.4 Å². The number of carbonyl (C=O) groups is 1. The molecule has 0 aromatic heterocycles. The van der Waals surface area contributed by atoms with E-state index in [2.05, 4.69) is 16.8 Å². The molecule has 0 bridgehead atoms. The van der Waals surface area contributed by atoms with Crippen molar-refractivity contribution in [3.8, 4) is 18.1 Å². The molecule has 0 unspecified atom stereocenters. The lowest BCUT2D eigenvalue weighted by Crippen LogP contribution is -2.32. The number of amides is 1. The van der Waals surface area contributed by atoms with Crippen LogP contribution >= 0.6 is 23.2 Å². The normalized spacial score (nSPS) is 9.89. The van der Waals surface area contributed by atoms with Gasteiger partial charge in [-0.2, -0.15) is 0 Å². The van der Waals surface area contributed by atoms with E-state index in [0.717, 1.165) is 0 Å². The molecule has 1 amide bonds. The first-order chi connectivity index (χ1) is 8.95. The molecule has 2 N–H and O–H groups in total. The van der Waals surface area contributed by atoms with Gasteiger partial charge in [0.2, 0.25) is 5.91 Å². The summed E-state index contributed by atoms with van der Waals surface area (Å²) in [5.74, 6) is 2.43. The Morgan fingerprint density at radius 3 is 2.68 bits per heavy atom. The molecule has 1 aromatic carbocycles. The second-order valence-electron chi connectivity index (χ2n) is 4.02. The summed E-state index contributed by atoms with van der Waals surface area (Å²) < 4.78 is 5.26. The Morgan fingerprint density at radius 2 is 2.11 bits per heavy atom. The van der Waals surface area contributed by atoms with Gasteiger partial charge in [-0.05, 0) is 6.07 Å². The van der Waals surface area contributed by atoms with Crippen LogP contribution in [0.1, 0.15) is 13.8 Å². The standard InChI is InChI=1S/C13H14Cl2N2O2/c1-4-5-19-12-7-11(9(14)6-10(12)15)16-17-13(18)8(2)3/h1,6-8,16H,5H2,2-3H3,(H,17,18). The molecule has 1 aromatic rings. The molecular weight excluding hydrogens is 287 g/mol. The third kappa shape index (κ3) is 4.55. The minimum Gasteiger partial charge on any atom is -0.479 e. The summed E-state index contributed by atoms with van der Waals surface area (Å²) in [6.07, 6.45) is 5.11. The highest BCUT2D eigenvalue weighted by Crippen LogP contribution is 2.33. The number of nitrogens with one attached hydrogen (secondary N) is 2. The van der Waals surface area contributed by atoms with Crippen molar-refractivity contribution in [3.63, 3.8) is 0 Å². The molecule has 0 aliphatic carbocycles. The smallest absolute Gasteiger partial charge is 0.240 e. The fraction of sp³-hybridized carbons (Fsp3) is 0.308. The highest BCUT2D eigenvalue weighted by atomic mass is 35.5. The predicted molar refractivity (Wildman–Crippen MR) is 77.4 cm³/mol. The van der Waals surface area contributed by atoms with Crippen LogP contribution in [0.25, 0.3) is 0 Å². The van der Waals surface area contributed by atoms with Crippen LogP contribution in [0.2, 0.25) is 10.0 Å². The van der Waals surface area contributed by atoms with Crippen LogP contribution in [0.4, 0.5) is 5.69 Å². The molecule has 102 valence electrons. The maximum absolute atomic E-state index is 11.5. The first-order valence-electron chi connectivity index (χ1n) is 5.57. The highest BCUT2D eigenvalue weighted by molar-refractivity contribution is 6.37. The predicted octanol–water partition coefficient (Wildman–Crippen LogP) is 3.10. The number of rotatable bonds is 5. The van der Waals surface area contributed by atoms with E-state index >= 15 is 0 Å². The molecule has 1 rings (SSSR count). The van der Waals surface area contributed by atoms with Gasteiger partial charge in [-0.3, -0.25) is 15.6 Å². The van der Waals surface area contributed by atoms with Crippen molar-refractivity contribution < 1.29 is 9.53 Å². The zero-order valence-electron chi connectivity index (χ0n) is 10.6. The number of ether oxygens (including phenoxy) is 1.